The van der Waals surface area contributed by atoms with Crippen LogP contribution in [-0.4, -0.2) is 51.4 Å². The van der Waals surface area contributed by atoms with E-state index in [1.165, 1.54) is 0 Å². The monoisotopic (exact) mass is 188 g/mol. The van der Waals surface area contributed by atoms with Gasteiger partial charge in [-0.3, -0.25) is 0 Å². The number of hydrogen-bond acceptors (Lipinski definition) is 3. The second-order valence-corrected chi connectivity index (χ2v) is 1.32. The summed E-state index contributed by atoms with van der Waals surface area (Å²) in [5, 5.41) is 0. The average Bonchev–Trinajstić information content (AvgIpc) is 0.811. The Balaban J connectivity index is -0.0000000450. The summed E-state index contributed by atoms with van der Waals surface area (Å²) in [6.45, 7) is 0. The van der Waals surface area contributed by atoms with Crippen LogP contribution in [0.25, 0.3) is 0 Å². The number of hydrogen-bond donors (Lipinski definition) is 0. The fraction of sp³-hybridized carbons (Fsp3) is 0. The van der Waals surface area contributed by atoms with Gasteiger partial charge in [0.25, 0.3) is 0 Å². The van der Waals surface area contributed by atoms with Crippen molar-refractivity contribution in [1.82, 2.24) is 0 Å². The summed E-state index contributed by atoms with van der Waals surface area (Å²) < 4.78 is 25.8. The quantitative estimate of drug-likeness (QED) is 0.357. The molecule has 0 aromatic carbocycles. The van der Waals surface area contributed by atoms with Gasteiger partial charge >= 0.3 is 99.1 Å². The molecule has 6 heteroatoms. The summed E-state index contributed by atoms with van der Waals surface area (Å²) in [6, 6.07) is 0. The Morgan fingerprint density at radius 3 is 1.33 bits per heavy atom. The van der Waals surface area contributed by atoms with Gasteiger partial charge in [0.15, 0.2) is 0 Å². The first-order valence-corrected chi connectivity index (χ1v) is 3.24. The van der Waals surface area contributed by atoms with Gasteiger partial charge in [0, 0.05) is 0 Å². The molecule has 0 aliphatic rings. The number of rotatable bonds is 0. The van der Waals surface area contributed by atoms with Crippen molar-refractivity contribution in [2.75, 3.05) is 0 Å². The Hall–Kier alpha value is 2.53. The molecule has 0 heterocycles. The molecule has 0 N–H and O–H groups in total. The summed E-state index contributed by atoms with van der Waals surface area (Å²) in [5.41, 5.74) is 0. The molecule has 0 unspecified atom stereocenters. The molecule has 26 valence electrons. The van der Waals surface area contributed by atoms with Crippen molar-refractivity contribution in [3.8, 4) is 0 Å². The van der Waals surface area contributed by atoms with E-state index in [1.54, 1.807) is 0 Å². The van der Waals surface area contributed by atoms with Gasteiger partial charge in [-0.15, -0.1) is 0 Å². The molecule has 3 nitrogen and oxygen atoms in total. The van der Waals surface area contributed by atoms with Gasteiger partial charge in [0.1, 0.15) is 0 Å². The van der Waals surface area contributed by atoms with E-state index in [4.69, 9.17) is 10.1 Å². The zero-order valence-corrected chi connectivity index (χ0v) is 4.87. The van der Waals surface area contributed by atoms with Crippen LogP contribution >= 0.6 is 0 Å². The topological polar surface area (TPSA) is 57.2 Å². The SMILES string of the molecule is [KH].[Li+].[O]=[Nb](=[O])[O-]. The van der Waals surface area contributed by atoms with Crippen molar-refractivity contribution >= 4 is 51.4 Å². The van der Waals surface area contributed by atoms with Gasteiger partial charge in [-0.1, -0.05) is 0 Å². The summed E-state index contributed by atoms with van der Waals surface area (Å²) >= 11 is -4.20. The molecule has 0 bridgehead atoms. The van der Waals surface area contributed by atoms with Crippen LogP contribution in [0.4, 0.5) is 0 Å². The zero-order chi connectivity index (χ0) is 3.58. The van der Waals surface area contributed by atoms with Gasteiger partial charge in [-0.05, 0) is 0 Å². The van der Waals surface area contributed by atoms with Crippen molar-refractivity contribution in [3.63, 3.8) is 0 Å². The van der Waals surface area contributed by atoms with Gasteiger partial charge in [-0.2, -0.15) is 0 Å². The summed E-state index contributed by atoms with van der Waals surface area (Å²) in [4.78, 5) is 0. The Morgan fingerprint density at radius 1 is 1.33 bits per heavy atom. The molecule has 0 aromatic heterocycles. The molecule has 0 saturated heterocycles. The van der Waals surface area contributed by atoms with Crippen LogP contribution in [0.15, 0.2) is 0 Å². The standard InChI is InChI=1S/K.Li.Nb.3O.H/q;+1;;;;-1;. The maximum absolute atomic E-state index is 8.60. The molecule has 6 heavy (non-hydrogen) atoms. The molecule has 0 rings (SSSR count). The molecule has 0 aliphatic carbocycles. The van der Waals surface area contributed by atoms with E-state index in [-0.39, 0.29) is 70.2 Å². The van der Waals surface area contributed by atoms with E-state index in [0.29, 0.717) is 0 Å². The predicted octanol–water partition coefficient (Wildman–Crippen LogP) is -5.07. The molecule has 0 amide bonds. The van der Waals surface area contributed by atoms with Crippen molar-refractivity contribution in [2.24, 2.45) is 0 Å². The predicted molar refractivity (Wildman–Crippen MR) is 8.52 cm³/mol. The zero-order valence-electron chi connectivity index (χ0n) is 2.67. The molecule has 0 aliphatic heterocycles. The van der Waals surface area contributed by atoms with Crippen molar-refractivity contribution in [3.05, 3.63) is 0 Å². The van der Waals surface area contributed by atoms with Crippen LogP contribution < -0.4 is 22.5 Å². The molecule has 0 aromatic rings. The molecule has 0 spiro atoms. The normalized spacial score (nSPS) is 4.17. The first kappa shape index (κ1) is 15.8. The van der Waals surface area contributed by atoms with Crippen LogP contribution in [0.5, 0.6) is 0 Å². The Morgan fingerprint density at radius 2 is 1.33 bits per heavy atom. The second-order valence-electron chi connectivity index (χ2n) is 0.224. The molecular weight excluding hydrogens is 187 g/mol. The minimum absolute atomic E-state index is 0. The molecular formula is HKLiNbO3. The summed E-state index contributed by atoms with van der Waals surface area (Å²) in [6.07, 6.45) is 0. The molecule has 0 atom stereocenters. The maximum atomic E-state index is 8.60. The van der Waals surface area contributed by atoms with Crippen molar-refractivity contribution < 1.29 is 47.8 Å². The Labute approximate surface area is 96.8 Å². The van der Waals surface area contributed by atoms with E-state index < -0.39 is 18.8 Å². The summed E-state index contributed by atoms with van der Waals surface area (Å²) in [7, 11) is 0. The van der Waals surface area contributed by atoms with Crippen LogP contribution in [0.1, 0.15) is 0 Å². The van der Waals surface area contributed by atoms with Crippen LogP contribution in [0.2, 0.25) is 0 Å². The van der Waals surface area contributed by atoms with Crippen LogP contribution in [0.3, 0.4) is 0 Å². The molecule has 0 saturated carbocycles. The third-order valence-electron chi connectivity index (χ3n) is 0. The van der Waals surface area contributed by atoms with E-state index in [2.05, 4.69) is 0 Å². The van der Waals surface area contributed by atoms with Crippen LogP contribution in [0, 0.1) is 0 Å². The van der Waals surface area contributed by atoms with Gasteiger partial charge in [0.2, 0.25) is 0 Å². The Bertz CT molecular complexity index is 59.2. The van der Waals surface area contributed by atoms with Gasteiger partial charge in [0.05, 0.1) is 0 Å². The van der Waals surface area contributed by atoms with Gasteiger partial charge < -0.3 is 0 Å². The van der Waals surface area contributed by atoms with E-state index in [0.717, 1.165) is 0 Å². The fourth-order valence-corrected chi connectivity index (χ4v) is 0. The average molecular weight is 188 g/mol. The first-order chi connectivity index (χ1) is 1.73. The third kappa shape index (κ3) is 31.2. The van der Waals surface area contributed by atoms with Crippen LogP contribution in [-0.2, 0) is 25.3 Å². The fourth-order valence-electron chi connectivity index (χ4n) is 0. The second kappa shape index (κ2) is 10.5. The molecule has 0 radical (unpaired) electrons. The first-order valence-electron chi connectivity index (χ1n) is 0.548. The van der Waals surface area contributed by atoms with Crippen molar-refractivity contribution in [2.45, 2.75) is 0 Å². The van der Waals surface area contributed by atoms with E-state index in [1.807, 2.05) is 0 Å². The van der Waals surface area contributed by atoms with Crippen molar-refractivity contribution in [1.29, 1.82) is 0 Å². The summed E-state index contributed by atoms with van der Waals surface area (Å²) in [5.74, 6) is 0. The van der Waals surface area contributed by atoms with Gasteiger partial charge in [-0.25, -0.2) is 0 Å². The third-order valence-corrected chi connectivity index (χ3v) is 0. The van der Waals surface area contributed by atoms with E-state index >= 15 is 0 Å². The van der Waals surface area contributed by atoms with E-state index in [9.17, 15) is 0 Å². The molecule has 0 fully saturated rings. The minimum atomic E-state index is -4.20. The Kier molecular flexibility index (Phi) is 27.7.